The van der Waals surface area contributed by atoms with E-state index in [4.69, 9.17) is 0 Å². The van der Waals surface area contributed by atoms with E-state index in [0.29, 0.717) is 5.92 Å². The number of methoxy groups -OCH3 is 1. The number of hydrogen-bond acceptors (Lipinski definition) is 3. The van der Waals surface area contributed by atoms with Crippen LogP contribution < -0.4 is 5.32 Å². The van der Waals surface area contributed by atoms with Gasteiger partial charge in [-0.1, -0.05) is 6.42 Å². The Kier molecular flexibility index (Phi) is 3.86. The topological polar surface area (TPSA) is 58.6 Å². The van der Waals surface area contributed by atoms with Gasteiger partial charge in [0.1, 0.15) is 6.04 Å². The summed E-state index contributed by atoms with van der Waals surface area (Å²) in [5.41, 5.74) is 0. The highest BCUT2D eigenvalue weighted by molar-refractivity contribution is 5.86. The molecule has 0 spiro atoms. The zero-order valence-corrected chi connectivity index (χ0v) is 10.3. The van der Waals surface area contributed by atoms with Crippen molar-refractivity contribution >= 4 is 12.0 Å². The van der Waals surface area contributed by atoms with Gasteiger partial charge >= 0.3 is 6.09 Å². The van der Waals surface area contributed by atoms with E-state index < -0.39 is 6.09 Å². The number of rotatable bonds is 3. The Balaban J connectivity index is 1.97. The lowest BCUT2D eigenvalue weighted by molar-refractivity contribution is -0.134. The van der Waals surface area contributed by atoms with Crippen molar-refractivity contribution in [3.05, 3.63) is 0 Å². The fourth-order valence-corrected chi connectivity index (χ4v) is 2.47. The summed E-state index contributed by atoms with van der Waals surface area (Å²) in [6.45, 7) is 1.65. The molecule has 2 rings (SSSR count). The normalized spacial score (nSPS) is 21.8. The summed E-state index contributed by atoms with van der Waals surface area (Å²) < 4.78 is 4.59. The maximum Gasteiger partial charge on any atom is 0.407 e. The second-order valence-corrected chi connectivity index (χ2v) is 4.84. The lowest BCUT2D eigenvalue weighted by atomic mass is 9.79. The molecule has 5 heteroatoms. The molecule has 0 bridgehead atoms. The van der Waals surface area contributed by atoms with Crippen molar-refractivity contribution in [2.24, 2.45) is 5.92 Å². The highest BCUT2D eigenvalue weighted by Gasteiger charge is 2.37. The molecule has 1 saturated heterocycles. The minimum Gasteiger partial charge on any atom is -0.453 e. The Morgan fingerprint density at radius 1 is 1.24 bits per heavy atom. The van der Waals surface area contributed by atoms with Crippen molar-refractivity contribution in [1.82, 2.24) is 10.2 Å². The monoisotopic (exact) mass is 240 g/mol. The van der Waals surface area contributed by atoms with Gasteiger partial charge in [0.25, 0.3) is 0 Å². The number of nitrogens with zero attached hydrogens (tertiary/aromatic N) is 1. The van der Waals surface area contributed by atoms with Gasteiger partial charge < -0.3 is 15.0 Å². The van der Waals surface area contributed by atoms with Gasteiger partial charge in [0.05, 0.1) is 7.11 Å². The van der Waals surface area contributed by atoms with Crippen LogP contribution in [-0.2, 0) is 9.53 Å². The zero-order valence-electron chi connectivity index (χ0n) is 10.3. The standard InChI is InChI=1S/C12H20N2O3/c1-17-12(16)13-10(9-5-4-6-9)11(15)14-7-2-3-8-14/h9-10H,2-8H2,1H3,(H,13,16). The van der Waals surface area contributed by atoms with Crippen molar-refractivity contribution in [1.29, 1.82) is 0 Å². The lowest BCUT2D eigenvalue weighted by Gasteiger charge is -2.35. The van der Waals surface area contributed by atoms with Crippen LogP contribution >= 0.6 is 0 Å². The molecular weight excluding hydrogens is 220 g/mol. The van der Waals surface area contributed by atoms with Crippen LogP contribution in [0.15, 0.2) is 0 Å². The molecular formula is C12H20N2O3. The van der Waals surface area contributed by atoms with Crippen molar-refractivity contribution in [2.75, 3.05) is 20.2 Å². The second kappa shape index (κ2) is 5.38. The molecule has 2 aliphatic rings. The summed E-state index contributed by atoms with van der Waals surface area (Å²) in [6, 6.07) is -0.380. The zero-order chi connectivity index (χ0) is 12.3. The van der Waals surface area contributed by atoms with Crippen LogP contribution in [0.4, 0.5) is 4.79 Å². The number of amides is 2. The first kappa shape index (κ1) is 12.2. The molecule has 0 aromatic rings. The largest absolute Gasteiger partial charge is 0.453 e. The van der Waals surface area contributed by atoms with E-state index in [0.717, 1.165) is 45.2 Å². The molecule has 0 radical (unpaired) electrons. The molecule has 2 fully saturated rings. The molecule has 1 aliphatic heterocycles. The maximum atomic E-state index is 12.3. The summed E-state index contributed by atoms with van der Waals surface area (Å²) in [5.74, 6) is 0.361. The van der Waals surface area contributed by atoms with E-state index in [1.165, 1.54) is 7.11 Å². The molecule has 1 unspecified atom stereocenters. The third kappa shape index (κ3) is 2.70. The van der Waals surface area contributed by atoms with Crippen LogP contribution in [0.25, 0.3) is 0 Å². The molecule has 1 N–H and O–H groups in total. The predicted octanol–water partition coefficient (Wildman–Crippen LogP) is 1.13. The van der Waals surface area contributed by atoms with Crippen LogP contribution in [0.2, 0.25) is 0 Å². The Bertz CT molecular complexity index is 296. The van der Waals surface area contributed by atoms with Crippen molar-refractivity contribution in [3.8, 4) is 0 Å². The van der Waals surface area contributed by atoms with Crippen molar-refractivity contribution < 1.29 is 14.3 Å². The first-order chi connectivity index (χ1) is 8.22. The fourth-order valence-electron chi connectivity index (χ4n) is 2.47. The Labute approximate surface area is 101 Å². The third-order valence-electron chi connectivity index (χ3n) is 3.76. The van der Waals surface area contributed by atoms with Crippen LogP contribution in [0.5, 0.6) is 0 Å². The maximum absolute atomic E-state index is 12.3. The summed E-state index contributed by atoms with van der Waals surface area (Å²) in [4.78, 5) is 25.4. The number of carbonyl (C=O) groups is 2. The Morgan fingerprint density at radius 3 is 2.35 bits per heavy atom. The number of hydrogen-bond donors (Lipinski definition) is 1. The quantitative estimate of drug-likeness (QED) is 0.804. The molecule has 0 aromatic carbocycles. The van der Waals surface area contributed by atoms with Gasteiger partial charge in [0.2, 0.25) is 5.91 Å². The molecule has 2 amide bonds. The minimum absolute atomic E-state index is 0.0672. The molecule has 1 heterocycles. The van der Waals surface area contributed by atoms with Gasteiger partial charge in [-0.05, 0) is 31.6 Å². The second-order valence-electron chi connectivity index (χ2n) is 4.84. The van der Waals surface area contributed by atoms with E-state index in [1.807, 2.05) is 4.90 Å². The summed E-state index contributed by atoms with van der Waals surface area (Å²) >= 11 is 0. The number of nitrogens with one attached hydrogen (secondary N) is 1. The van der Waals surface area contributed by atoms with Crippen LogP contribution in [0.1, 0.15) is 32.1 Å². The number of ether oxygens (including phenoxy) is 1. The molecule has 96 valence electrons. The summed E-state index contributed by atoms with van der Waals surface area (Å²) in [7, 11) is 1.33. The predicted molar refractivity (Wildman–Crippen MR) is 62.5 cm³/mol. The Morgan fingerprint density at radius 2 is 1.88 bits per heavy atom. The number of alkyl carbamates (subject to hydrolysis) is 1. The third-order valence-corrected chi connectivity index (χ3v) is 3.76. The molecule has 1 saturated carbocycles. The van der Waals surface area contributed by atoms with Gasteiger partial charge in [-0.2, -0.15) is 0 Å². The fraction of sp³-hybridized carbons (Fsp3) is 0.833. The minimum atomic E-state index is -0.505. The molecule has 1 aliphatic carbocycles. The summed E-state index contributed by atoms with van der Waals surface area (Å²) in [5, 5.41) is 2.69. The van der Waals surface area contributed by atoms with Gasteiger partial charge in [-0.3, -0.25) is 4.79 Å². The van der Waals surface area contributed by atoms with Gasteiger partial charge in [0.15, 0.2) is 0 Å². The van der Waals surface area contributed by atoms with E-state index >= 15 is 0 Å². The van der Waals surface area contributed by atoms with Gasteiger partial charge in [-0.25, -0.2) is 4.79 Å². The number of carbonyl (C=O) groups excluding carboxylic acids is 2. The average Bonchev–Trinajstić information content (AvgIpc) is 2.77. The average molecular weight is 240 g/mol. The van der Waals surface area contributed by atoms with Crippen molar-refractivity contribution in [2.45, 2.75) is 38.1 Å². The first-order valence-corrected chi connectivity index (χ1v) is 6.35. The first-order valence-electron chi connectivity index (χ1n) is 6.35. The van der Waals surface area contributed by atoms with Crippen LogP contribution in [-0.4, -0.2) is 43.1 Å². The highest BCUT2D eigenvalue weighted by atomic mass is 16.5. The molecule has 5 nitrogen and oxygen atoms in total. The highest BCUT2D eigenvalue weighted by Crippen LogP contribution is 2.31. The van der Waals surface area contributed by atoms with Crippen LogP contribution in [0.3, 0.4) is 0 Å². The van der Waals surface area contributed by atoms with E-state index in [-0.39, 0.29) is 11.9 Å². The molecule has 0 aromatic heterocycles. The van der Waals surface area contributed by atoms with Gasteiger partial charge in [0, 0.05) is 13.1 Å². The lowest BCUT2D eigenvalue weighted by Crippen LogP contribution is -2.53. The number of likely N-dealkylation sites (tertiary alicyclic amines) is 1. The summed E-state index contributed by atoms with van der Waals surface area (Å²) in [6.07, 6.45) is 4.83. The smallest absolute Gasteiger partial charge is 0.407 e. The van der Waals surface area contributed by atoms with Gasteiger partial charge in [-0.15, -0.1) is 0 Å². The van der Waals surface area contributed by atoms with E-state index in [1.54, 1.807) is 0 Å². The van der Waals surface area contributed by atoms with E-state index in [2.05, 4.69) is 10.1 Å². The van der Waals surface area contributed by atoms with Crippen LogP contribution in [0, 0.1) is 5.92 Å². The Hall–Kier alpha value is -1.26. The van der Waals surface area contributed by atoms with E-state index in [9.17, 15) is 9.59 Å². The SMILES string of the molecule is COC(=O)NC(C(=O)N1CCCC1)C1CCC1. The van der Waals surface area contributed by atoms with Crippen molar-refractivity contribution in [3.63, 3.8) is 0 Å². The molecule has 1 atom stereocenters. The molecule has 17 heavy (non-hydrogen) atoms.